The number of rotatable bonds is 8. The van der Waals surface area contributed by atoms with Crippen LogP contribution in [0, 0.1) is 5.92 Å². The first-order valence-corrected chi connectivity index (χ1v) is 19.2. The number of carbonyl (C=O) groups is 3. The Kier molecular flexibility index (Phi) is 10.0. The van der Waals surface area contributed by atoms with Gasteiger partial charge in [0, 0.05) is 63.3 Å². The molecular weight excluding hydrogens is 743 g/mol. The number of aromatic nitrogens is 5. The number of alkyl halides is 3. The van der Waals surface area contributed by atoms with Crippen molar-refractivity contribution in [2.45, 2.75) is 69.8 Å². The van der Waals surface area contributed by atoms with Crippen molar-refractivity contribution < 1.29 is 32.3 Å². The number of imidazole rings is 1. The zero-order valence-corrected chi connectivity index (χ0v) is 31.9. The number of hydrogen-bond acceptors (Lipinski definition) is 9. The molecule has 3 amide bonds. The molecule has 1 aliphatic carbocycles. The Morgan fingerprint density at radius 3 is 2.51 bits per heavy atom. The van der Waals surface area contributed by atoms with Gasteiger partial charge >= 0.3 is 11.9 Å². The fraction of sp³-hybridized carbons (Fsp3) is 0.450. The largest absolute Gasteiger partial charge is 0.494 e. The maximum Gasteiger partial charge on any atom is 0.433 e. The molecule has 1 unspecified atom stereocenters. The molecule has 3 aliphatic rings. The summed E-state index contributed by atoms with van der Waals surface area (Å²) in [5.74, 6) is -0.694. The van der Waals surface area contributed by atoms with Crippen LogP contribution in [-0.4, -0.2) is 85.9 Å². The molecule has 1 saturated carbocycles. The first kappa shape index (κ1) is 38.2. The van der Waals surface area contributed by atoms with E-state index in [9.17, 15) is 32.3 Å². The van der Waals surface area contributed by atoms with Gasteiger partial charge in [-0.3, -0.25) is 38.4 Å². The minimum absolute atomic E-state index is 0.191. The standard InChI is InChI=1S/C40H44F3N9O5/c1-23-20-50(30-7-5-8-31-36(30)48(2)39(56)52(31)32-14-15-35(53)46-38(32)55)17-16-49(23)21-24-10-12-26(13-11-24)51-22-25-18-29(33(57-3)19-28(25)47-51)45-37(54)27-6-4-9-34(44-27)40(41,42)43/h4-9,18-19,22-24,26,32H,10-17,20-21H2,1-3H3,(H,45,54)(H,46,53,55)/t23-,24?,26?,32?/m0/s1. The lowest BCUT2D eigenvalue weighted by Crippen LogP contribution is -2.53. The van der Waals surface area contributed by atoms with Gasteiger partial charge in [0.15, 0.2) is 0 Å². The van der Waals surface area contributed by atoms with Crippen LogP contribution >= 0.6 is 0 Å². The molecule has 5 aromatic rings. The quantitative estimate of drug-likeness (QED) is 0.201. The molecule has 2 atom stereocenters. The number of piperazine rings is 1. The number of aryl methyl sites for hydroxylation is 1. The predicted octanol–water partition coefficient (Wildman–Crippen LogP) is 5.28. The molecule has 2 saturated heterocycles. The molecule has 0 radical (unpaired) electrons. The van der Waals surface area contributed by atoms with Gasteiger partial charge in [0.05, 0.1) is 41.1 Å². The monoisotopic (exact) mass is 787 g/mol. The highest BCUT2D eigenvalue weighted by atomic mass is 19.4. The molecule has 5 heterocycles. The summed E-state index contributed by atoms with van der Waals surface area (Å²) in [6, 6.07) is 12.2. The summed E-state index contributed by atoms with van der Waals surface area (Å²) in [5, 5.41) is 10.6. The van der Waals surface area contributed by atoms with Crippen LogP contribution in [0.3, 0.4) is 0 Å². The van der Waals surface area contributed by atoms with Crippen LogP contribution < -0.4 is 26.0 Å². The van der Waals surface area contributed by atoms with Gasteiger partial charge < -0.3 is 15.0 Å². The van der Waals surface area contributed by atoms with E-state index in [1.54, 1.807) is 23.7 Å². The van der Waals surface area contributed by atoms with Gasteiger partial charge in [0.2, 0.25) is 11.8 Å². The minimum atomic E-state index is -4.67. The van der Waals surface area contributed by atoms with Gasteiger partial charge in [-0.1, -0.05) is 12.1 Å². The maximum atomic E-state index is 13.5. The van der Waals surface area contributed by atoms with E-state index in [1.807, 2.05) is 29.1 Å². The number of halogens is 3. The number of pyridine rings is 1. The lowest BCUT2D eigenvalue weighted by atomic mass is 9.85. The third-order valence-electron chi connectivity index (χ3n) is 11.8. The normalized spacial score (nSPS) is 22.2. The lowest BCUT2D eigenvalue weighted by Gasteiger charge is -2.43. The topological polar surface area (TPSA) is 149 Å². The number of anilines is 2. The van der Waals surface area contributed by atoms with Crippen LogP contribution in [0.5, 0.6) is 5.75 Å². The Labute approximate surface area is 325 Å². The van der Waals surface area contributed by atoms with E-state index in [4.69, 9.17) is 9.84 Å². The fourth-order valence-corrected chi connectivity index (χ4v) is 8.74. The number of amides is 3. The van der Waals surface area contributed by atoms with Gasteiger partial charge in [0.25, 0.3) is 5.91 Å². The Morgan fingerprint density at radius 1 is 1.02 bits per heavy atom. The Hall–Kier alpha value is -5.71. The van der Waals surface area contributed by atoms with E-state index in [-0.39, 0.29) is 42.2 Å². The molecule has 0 bridgehead atoms. The summed E-state index contributed by atoms with van der Waals surface area (Å²) in [5.41, 5.74) is 1.62. The number of hydrogen-bond donors (Lipinski definition) is 2. The van der Waals surface area contributed by atoms with Gasteiger partial charge in [-0.05, 0) is 75.3 Å². The fourth-order valence-electron chi connectivity index (χ4n) is 8.74. The number of imide groups is 1. The summed E-state index contributed by atoms with van der Waals surface area (Å²) >= 11 is 0. The summed E-state index contributed by atoms with van der Waals surface area (Å²) < 4.78 is 50.2. The van der Waals surface area contributed by atoms with E-state index in [0.717, 1.165) is 80.6 Å². The molecule has 2 aromatic carbocycles. The molecule has 8 rings (SSSR count). The molecule has 57 heavy (non-hydrogen) atoms. The van der Waals surface area contributed by atoms with Crippen LogP contribution in [-0.2, 0) is 22.8 Å². The SMILES string of the molecule is COc1cc2nn(C3CCC(CN4CCN(c5cccc6c5n(C)c(=O)n6C5CCC(=O)NC5=O)C[C@@H]4C)CC3)cc2cc1NC(=O)c1cccc(C(F)(F)F)n1. The second-order valence-corrected chi connectivity index (χ2v) is 15.4. The second kappa shape index (κ2) is 15.0. The predicted molar refractivity (Wildman–Crippen MR) is 206 cm³/mol. The molecule has 2 aliphatic heterocycles. The number of fused-ring (bicyclic) bond motifs is 2. The molecule has 300 valence electrons. The molecular formula is C40H44F3N9O5. The van der Waals surface area contributed by atoms with Crippen molar-refractivity contribution in [1.29, 1.82) is 0 Å². The smallest absolute Gasteiger partial charge is 0.433 e. The van der Waals surface area contributed by atoms with Crippen molar-refractivity contribution in [1.82, 2.24) is 34.1 Å². The van der Waals surface area contributed by atoms with Crippen LogP contribution in [0.15, 0.2) is 59.5 Å². The van der Waals surface area contributed by atoms with Crippen molar-refractivity contribution in [2.75, 3.05) is 43.5 Å². The van der Waals surface area contributed by atoms with Crippen LogP contribution in [0.2, 0.25) is 0 Å². The van der Waals surface area contributed by atoms with E-state index in [1.165, 1.54) is 17.7 Å². The number of ether oxygens (including phenoxy) is 1. The molecule has 3 aromatic heterocycles. The van der Waals surface area contributed by atoms with Crippen molar-refractivity contribution in [3.05, 3.63) is 76.6 Å². The summed E-state index contributed by atoms with van der Waals surface area (Å²) in [6.45, 7) is 5.67. The number of para-hydroxylation sites is 1. The van der Waals surface area contributed by atoms with Gasteiger partial charge in [-0.2, -0.15) is 18.3 Å². The summed E-state index contributed by atoms with van der Waals surface area (Å²) in [4.78, 5) is 59.3. The number of benzene rings is 2. The van der Waals surface area contributed by atoms with Gasteiger partial charge in [-0.25, -0.2) is 9.78 Å². The second-order valence-electron chi connectivity index (χ2n) is 15.4. The zero-order valence-electron chi connectivity index (χ0n) is 31.9. The van der Waals surface area contributed by atoms with E-state index >= 15 is 0 Å². The van der Waals surface area contributed by atoms with E-state index in [2.05, 4.69) is 32.3 Å². The number of nitrogens with one attached hydrogen (secondary N) is 2. The van der Waals surface area contributed by atoms with E-state index < -0.39 is 29.7 Å². The number of piperidine rings is 1. The van der Waals surface area contributed by atoms with Gasteiger partial charge in [0.1, 0.15) is 23.2 Å². The highest BCUT2D eigenvalue weighted by Gasteiger charge is 2.35. The zero-order chi connectivity index (χ0) is 40.2. The van der Waals surface area contributed by atoms with Crippen LogP contribution in [0.25, 0.3) is 21.9 Å². The van der Waals surface area contributed by atoms with Crippen molar-refractivity contribution in [2.24, 2.45) is 13.0 Å². The minimum Gasteiger partial charge on any atom is -0.494 e. The first-order chi connectivity index (χ1) is 27.3. The van der Waals surface area contributed by atoms with Crippen molar-refractivity contribution >= 4 is 51.0 Å². The highest BCUT2D eigenvalue weighted by Crippen LogP contribution is 2.37. The average molecular weight is 788 g/mol. The first-order valence-electron chi connectivity index (χ1n) is 19.2. The van der Waals surface area contributed by atoms with Crippen LogP contribution in [0.4, 0.5) is 24.5 Å². The summed E-state index contributed by atoms with van der Waals surface area (Å²) in [7, 11) is 3.18. The number of nitrogens with zero attached hydrogens (tertiary/aromatic N) is 7. The van der Waals surface area contributed by atoms with Crippen molar-refractivity contribution in [3.63, 3.8) is 0 Å². The Balaban J connectivity index is 0.893. The lowest BCUT2D eigenvalue weighted by molar-refractivity contribution is -0.141. The number of carbonyl (C=O) groups excluding carboxylic acids is 3. The maximum absolute atomic E-state index is 13.5. The molecule has 14 nitrogen and oxygen atoms in total. The number of methoxy groups -OCH3 is 1. The van der Waals surface area contributed by atoms with E-state index in [0.29, 0.717) is 28.4 Å². The molecule has 2 N–H and O–H groups in total. The molecule has 0 spiro atoms. The van der Waals surface area contributed by atoms with Crippen LogP contribution in [0.1, 0.15) is 73.7 Å². The highest BCUT2D eigenvalue weighted by molar-refractivity contribution is 6.05. The van der Waals surface area contributed by atoms with Gasteiger partial charge in [-0.15, -0.1) is 0 Å². The third kappa shape index (κ3) is 7.35. The molecule has 3 fully saturated rings. The third-order valence-corrected chi connectivity index (χ3v) is 11.8. The average Bonchev–Trinajstić information content (AvgIpc) is 3.72. The molecule has 17 heteroatoms. The Morgan fingerprint density at radius 2 is 1.79 bits per heavy atom. The Bertz CT molecular complexity index is 2430. The van der Waals surface area contributed by atoms with Crippen molar-refractivity contribution in [3.8, 4) is 5.75 Å². The summed E-state index contributed by atoms with van der Waals surface area (Å²) in [6.07, 6.45) is 1.73.